The fourth-order valence-electron chi connectivity index (χ4n) is 2.64. The minimum Gasteiger partial charge on any atom is -0.302 e. The second-order valence-electron chi connectivity index (χ2n) is 7.30. The second kappa shape index (κ2) is 4.52. The number of likely N-dealkylation sites (N-methyl/N-ethyl adjacent to an activating group) is 1. The van der Waals surface area contributed by atoms with E-state index in [1.807, 2.05) is 0 Å². The van der Waals surface area contributed by atoms with Gasteiger partial charge in [0.2, 0.25) is 0 Å². The van der Waals surface area contributed by atoms with Crippen LogP contribution in [0.2, 0.25) is 0 Å². The molecule has 0 radical (unpaired) electrons. The molecule has 16 heavy (non-hydrogen) atoms. The summed E-state index contributed by atoms with van der Waals surface area (Å²) in [7, 11) is 2.25. The van der Waals surface area contributed by atoms with Crippen molar-refractivity contribution in [3.63, 3.8) is 0 Å². The van der Waals surface area contributed by atoms with E-state index in [1.54, 1.807) is 11.1 Å². The molecule has 1 heterocycles. The van der Waals surface area contributed by atoms with E-state index in [-0.39, 0.29) is 0 Å². The third-order valence-corrected chi connectivity index (χ3v) is 3.57. The quantitative estimate of drug-likeness (QED) is 0.559. The Balaban J connectivity index is 3.18. The minimum atomic E-state index is 0.307. The first-order valence-electron chi connectivity index (χ1n) is 6.54. The van der Waals surface area contributed by atoms with Gasteiger partial charge in [-0.05, 0) is 37.3 Å². The molecule has 0 unspecified atom stereocenters. The Morgan fingerprint density at radius 3 is 1.81 bits per heavy atom. The van der Waals surface area contributed by atoms with Gasteiger partial charge in [0.1, 0.15) is 0 Å². The van der Waals surface area contributed by atoms with Crippen LogP contribution in [-0.2, 0) is 0 Å². The number of allylic oxidation sites excluding steroid dienone is 1. The maximum absolute atomic E-state index is 2.47. The van der Waals surface area contributed by atoms with Crippen molar-refractivity contribution in [2.24, 2.45) is 10.8 Å². The molecule has 0 amide bonds. The first-order valence-corrected chi connectivity index (χ1v) is 6.54. The summed E-state index contributed by atoms with van der Waals surface area (Å²) in [6.07, 6.45) is 2.59. The number of hydrogen-bond acceptors (Lipinski definition) is 1. The zero-order chi connectivity index (χ0) is 12.6. The van der Waals surface area contributed by atoms with E-state index in [9.17, 15) is 0 Å². The Hall–Kier alpha value is -0.300. The van der Waals surface area contributed by atoms with Crippen molar-refractivity contribution in [2.75, 3.05) is 20.1 Å². The van der Waals surface area contributed by atoms with Crippen molar-refractivity contribution in [1.29, 1.82) is 0 Å². The lowest BCUT2D eigenvalue weighted by molar-refractivity contribution is 0.336. The highest BCUT2D eigenvalue weighted by Gasteiger charge is 2.29. The molecular formula is C15H29N. The summed E-state index contributed by atoms with van der Waals surface area (Å²) in [5.74, 6) is 0. The Kier molecular flexibility index (Phi) is 3.89. The summed E-state index contributed by atoms with van der Waals surface area (Å²) >= 11 is 0. The molecular weight excluding hydrogens is 194 g/mol. The van der Waals surface area contributed by atoms with Crippen LogP contribution in [0.4, 0.5) is 0 Å². The smallest absolute Gasteiger partial charge is 0.0197 e. The van der Waals surface area contributed by atoms with Crippen molar-refractivity contribution in [2.45, 2.75) is 54.4 Å². The predicted molar refractivity (Wildman–Crippen MR) is 72.7 cm³/mol. The van der Waals surface area contributed by atoms with Crippen LogP contribution in [-0.4, -0.2) is 25.0 Å². The van der Waals surface area contributed by atoms with Gasteiger partial charge >= 0.3 is 0 Å². The van der Waals surface area contributed by atoms with Gasteiger partial charge in [-0.25, -0.2) is 0 Å². The molecule has 1 aliphatic heterocycles. The maximum Gasteiger partial charge on any atom is 0.0197 e. The van der Waals surface area contributed by atoms with Gasteiger partial charge in [0.15, 0.2) is 0 Å². The van der Waals surface area contributed by atoms with Gasteiger partial charge in [0.25, 0.3) is 0 Å². The van der Waals surface area contributed by atoms with Crippen LogP contribution >= 0.6 is 0 Å². The fraction of sp³-hybridized carbons (Fsp3) is 0.867. The largest absolute Gasteiger partial charge is 0.302 e. The second-order valence-corrected chi connectivity index (χ2v) is 7.30. The zero-order valence-corrected chi connectivity index (χ0v) is 12.3. The molecule has 1 nitrogen and oxygen atoms in total. The molecule has 0 bridgehead atoms. The van der Waals surface area contributed by atoms with Crippen LogP contribution in [0.25, 0.3) is 0 Å². The SMILES string of the molecule is CN1CCCC(C(C)(C)C)=C(C(C)(C)C)C1. The summed E-state index contributed by atoms with van der Waals surface area (Å²) in [4.78, 5) is 2.47. The monoisotopic (exact) mass is 223 g/mol. The van der Waals surface area contributed by atoms with E-state index >= 15 is 0 Å². The van der Waals surface area contributed by atoms with Crippen molar-refractivity contribution in [3.8, 4) is 0 Å². The van der Waals surface area contributed by atoms with E-state index in [0.717, 1.165) is 6.54 Å². The van der Waals surface area contributed by atoms with Crippen LogP contribution < -0.4 is 0 Å². The number of rotatable bonds is 0. The van der Waals surface area contributed by atoms with E-state index < -0.39 is 0 Å². The normalized spacial score (nSPS) is 21.2. The third-order valence-electron chi connectivity index (χ3n) is 3.57. The maximum atomic E-state index is 2.47. The van der Waals surface area contributed by atoms with Crippen LogP contribution in [0.3, 0.4) is 0 Å². The van der Waals surface area contributed by atoms with E-state index in [4.69, 9.17) is 0 Å². The molecule has 0 aliphatic carbocycles. The van der Waals surface area contributed by atoms with Gasteiger partial charge in [0, 0.05) is 6.54 Å². The highest BCUT2D eigenvalue weighted by Crippen LogP contribution is 2.40. The van der Waals surface area contributed by atoms with Crippen LogP contribution in [0.5, 0.6) is 0 Å². The van der Waals surface area contributed by atoms with Crippen molar-refractivity contribution >= 4 is 0 Å². The summed E-state index contributed by atoms with van der Waals surface area (Å²) in [6.45, 7) is 16.5. The average molecular weight is 223 g/mol. The Labute approximate surface area is 102 Å². The van der Waals surface area contributed by atoms with Gasteiger partial charge in [-0.15, -0.1) is 0 Å². The van der Waals surface area contributed by atoms with Crippen molar-refractivity contribution in [1.82, 2.24) is 4.90 Å². The first-order chi connectivity index (χ1) is 7.12. The molecule has 1 rings (SSSR count). The average Bonchev–Trinajstić information content (AvgIpc) is 2.23. The van der Waals surface area contributed by atoms with E-state index in [0.29, 0.717) is 10.8 Å². The topological polar surface area (TPSA) is 3.24 Å². The zero-order valence-electron chi connectivity index (χ0n) is 12.3. The molecule has 0 aromatic carbocycles. The first kappa shape index (κ1) is 13.8. The lowest BCUT2D eigenvalue weighted by Gasteiger charge is -2.33. The summed E-state index contributed by atoms with van der Waals surface area (Å²) in [6, 6.07) is 0. The van der Waals surface area contributed by atoms with Crippen molar-refractivity contribution < 1.29 is 0 Å². The lowest BCUT2D eigenvalue weighted by Crippen LogP contribution is -2.27. The molecule has 1 aliphatic rings. The predicted octanol–water partition coefficient (Wildman–Crippen LogP) is 4.10. The Morgan fingerprint density at radius 1 is 0.875 bits per heavy atom. The van der Waals surface area contributed by atoms with Gasteiger partial charge in [-0.3, -0.25) is 0 Å². The van der Waals surface area contributed by atoms with Crippen LogP contribution in [0.15, 0.2) is 11.1 Å². The summed E-state index contributed by atoms with van der Waals surface area (Å²) in [5, 5.41) is 0. The van der Waals surface area contributed by atoms with E-state index in [1.165, 1.54) is 19.4 Å². The van der Waals surface area contributed by atoms with Gasteiger partial charge < -0.3 is 4.90 Å². The molecule has 0 atom stereocenters. The molecule has 0 saturated heterocycles. The highest BCUT2D eigenvalue weighted by atomic mass is 15.1. The van der Waals surface area contributed by atoms with Gasteiger partial charge in [-0.2, -0.15) is 0 Å². The van der Waals surface area contributed by atoms with Gasteiger partial charge in [0.05, 0.1) is 0 Å². The molecule has 0 aromatic rings. The molecule has 0 fully saturated rings. The molecule has 94 valence electrons. The lowest BCUT2D eigenvalue weighted by atomic mass is 9.74. The Morgan fingerprint density at radius 2 is 1.38 bits per heavy atom. The number of hydrogen-bond donors (Lipinski definition) is 0. The van der Waals surface area contributed by atoms with Crippen LogP contribution in [0, 0.1) is 10.8 Å². The molecule has 0 spiro atoms. The molecule has 0 aromatic heterocycles. The van der Waals surface area contributed by atoms with Crippen molar-refractivity contribution in [3.05, 3.63) is 11.1 Å². The summed E-state index contributed by atoms with van der Waals surface area (Å²) < 4.78 is 0. The fourth-order valence-corrected chi connectivity index (χ4v) is 2.64. The highest BCUT2D eigenvalue weighted by molar-refractivity contribution is 5.27. The minimum absolute atomic E-state index is 0.307. The third kappa shape index (κ3) is 3.35. The standard InChI is InChI=1S/C15H29N/c1-14(2,3)12-9-8-10-16(7)11-13(12)15(4,5)6/h8-11H2,1-7H3. The van der Waals surface area contributed by atoms with Gasteiger partial charge in [-0.1, -0.05) is 52.7 Å². The van der Waals surface area contributed by atoms with E-state index in [2.05, 4.69) is 53.5 Å². The molecule has 0 N–H and O–H groups in total. The molecule has 0 saturated carbocycles. The summed E-state index contributed by atoms with van der Waals surface area (Å²) in [5.41, 5.74) is 4.00. The molecule has 1 heteroatoms. The van der Waals surface area contributed by atoms with Crippen LogP contribution in [0.1, 0.15) is 54.4 Å². The number of nitrogens with zero attached hydrogens (tertiary/aromatic N) is 1. The Bertz CT molecular complexity index is 273.